The third-order valence-corrected chi connectivity index (χ3v) is 8.85. The minimum Gasteiger partial charge on any atom is -0.493 e. The average Bonchev–Trinajstić information content (AvgIpc) is 3.45. The molecule has 0 radical (unpaired) electrons. The SMILES string of the molecule is COc1cc(-c2csc(=Nc3c(C)n(C)n(-c4ccccc4)c3=O)n2N=C2CCCCc3ccccc32)cc(OC)c1OC. The van der Waals surface area contributed by atoms with Crippen molar-refractivity contribution in [3.05, 3.63) is 104 Å². The summed E-state index contributed by atoms with van der Waals surface area (Å²) in [6.45, 7) is 1.91. The van der Waals surface area contributed by atoms with E-state index in [1.807, 2.05) is 71.2 Å². The fourth-order valence-corrected chi connectivity index (χ4v) is 6.50. The zero-order valence-electron chi connectivity index (χ0n) is 25.5. The van der Waals surface area contributed by atoms with Gasteiger partial charge < -0.3 is 14.2 Å². The first-order chi connectivity index (χ1) is 21.4. The summed E-state index contributed by atoms with van der Waals surface area (Å²) in [6, 6.07) is 21.8. The molecule has 1 aliphatic carbocycles. The van der Waals surface area contributed by atoms with Crippen molar-refractivity contribution in [1.82, 2.24) is 14.0 Å². The quantitative estimate of drug-likeness (QED) is 0.204. The van der Waals surface area contributed by atoms with E-state index in [1.165, 1.54) is 16.9 Å². The summed E-state index contributed by atoms with van der Waals surface area (Å²) in [6.07, 6.45) is 3.98. The number of rotatable bonds is 7. The van der Waals surface area contributed by atoms with Crippen LogP contribution >= 0.6 is 11.3 Å². The van der Waals surface area contributed by atoms with Crippen LogP contribution in [0, 0.1) is 6.92 Å². The number of hydrogen-bond acceptors (Lipinski definition) is 7. The molecule has 44 heavy (non-hydrogen) atoms. The molecule has 10 heteroatoms. The zero-order valence-corrected chi connectivity index (χ0v) is 26.4. The van der Waals surface area contributed by atoms with Gasteiger partial charge in [0.05, 0.1) is 44.1 Å². The first-order valence-electron chi connectivity index (χ1n) is 14.5. The number of fused-ring (bicyclic) bond motifs is 1. The lowest BCUT2D eigenvalue weighted by molar-refractivity contribution is 0.324. The fourth-order valence-electron chi connectivity index (χ4n) is 5.67. The Hall–Kier alpha value is -4.83. The summed E-state index contributed by atoms with van der Waals surface area (Å²) in [5.74, 6) is 1.58. The lowest BCUT2D eigenvalue weighted by Gasteiger charge is -2.15. The van der Waals surface area contributed by atoms with Gasteiger partial charge in [-0.25, -0.2) is 14.4 Å². The molecule has 0 amide bonds. The number of methoxy groups -OCH3 is 3. The Bertz CT molecular complexity index is 1960. The number of aromatic nitrogens is 3. The molecule has 0 fully saturated rings. The van der Waals surface area contributed by atoms with Gasteiger partial charge in [-0.1, -0.05) is 42.5 Å². The molecule has 6 rings (SSSR count). The molecule has 0 saturated heterocycles. The smallest absolute Gasteiger partial charge is 0.297 e. The molecule has 0 N–H and O–H groups in total. The van der Waals surface area contributed by atoms with E-state index in [9.17, 15) is 4.79 Å². The van der Waals surface area contributed by atoms with E-state index in [1.54, 1.807) is 26.0 Å². The number of thiazole rings is 1. The molecule has 0 saturated carbocycles. The minimum absolute atomic E-state index is 0.196. The van der Waals surface area contributed by atoms with Gasteiger partial charge in [0.2, 0.25) is 10.6 Å². The highest BCUT2D eigenvalue weighted by molar-refractivity contribution is 7.07. The molecule has 0 bridgehead atoms. The van der Waals surface area contributed by atoms with E-state index < -0.39 is 0 Å². The lowest BCUT2D eigenvalue weighted by Crippen LogP contribution is -2.20. The first kappa shape index (κ1) is 29.3. The van der Waals surface area contributed by atoms with E-state index in [2.05, 4.69) is 24.3 Å². The Morgan fingerprint density at radius 1 is 0.864 bits per heavy atom. The van der Waals surface area contributed by atoms with Gasteiger partial charge in [-0.05, 0) is 62.4 Å². The molecule has 0 unspecified atom stereocenters. The molecule has 2 aromatic heterocycles. The van der Waals surface area contributed by atoms with Crippen LogP contribution in [-0.4, -0.2) is 41.1 Å². The Balaban J connectivity index is 1.62. The maximum Gasteiger partial charge on any atom is 0.297 e. The molecule has 5 aromatic rings. The fraction of sp³-hybridized carbons (Fsp3) is 0.265. The lowest BCUT2D eigenvalue weighted by atomic mass is 10.0. The number of para-hydroxylation sites is 1. The van der Waals surface area contributed by atoms with Crippen molar-refractivity contribution in [2.45, 2.75) is 32.6 Å². The van der Waals surface area contributed by atoms with E-state index in [0.717, 1.165) is 59.6 Å². The maximum absolute atomic E-state index is 13.8. The van der Waals surface area contributed by atoms with Crippen LogP contribution < -0.4 is 24.6 Å². The predicted molar refractivity (Wildman–Crippen MR) is 174 cm³/mol. The summed E-state index contributed by atoms with van der Waals surface area (Å²) in [4.78, 5) is 19.4. The average molecular weight is 610 g/mol. The molecular formula is C34H35N5O4S. The second-order valence-electron chi connectivity index (χ2n) is 10.6. The van der Waals surface area contributed by atoms with Crippen LogP contribution in [0.15, 0.2) is 87.0 Å². The van der Waals surface area contributed by atoms with Gasteiger partial charge >= 0.3 is 0 Å². The van der Waals surface area contributed by atoms with Crippen LogP contribution in [0.2, 0.25) is 0 Å². The van der Waals surface area contributed by atoms with Crippen LogP contribution in [0.4, 0.5) is 5.69 Å². The molecule has 0 spiro atoms. The summed E-state index contributed by atoms with van der Waals surface area (Å²) in [5, 5.41) is 7.27. The van der Waals surface area contributed by atoms with Gasteiger partial charge in [-0.2, -0.15) is 5.10 Å². The Labute approximate surface area is 259 Å². The highest BCUT2D eigenvalue weighted by atomic mass is 32.1. The van der Waals surface area contributed by atoms with Gasteiger partial charge in [0.15, 0.2) is 17.2 Å². The topological polar surface area (TPSA) is 84.3 Å². The van der Waals surface area contributed by atoms with Crippen molar-refractivity contribution in [2.75, 3.05) is 21.3 Å². The summed E-state index contributed by atoms with van der Waals surface area (Å²) in [7, 11) is 6.65. The maximum atomic E-state index is 13.8. The third kappa shape index (κ3) is 5.26. The van der Waals surface area contributed by atoms with Crippen LogP contribution in [-0.2, 0) is 13.5 Å². The minimum atomic E-state index is -0.196. The van der Waals surface area contributed by atoms with Crippen molar-refractivity contribution < 1.29 is 14.2 Å². The Morgan fingerprint density at radius 3 is 2.25 bits per heavy atom. The molecule has 3 aromatic carbocycles. The number of benzene rings is 3. The summed E-state index contributed by atoms with van der Waals surface area (Å²) in [5.41, 5.74) is 6.72. The van der Waals surface area contributed by atoms with Gasteiger partial charge in [0, 0.05) is 23.6 Å². The molecule has 9 nitrogen and oxygen atoms in total. The molecule has 2 heterocycles. The standard InChI is InChI=1S/C34H35N5O4S/c1-22-31(33(40)39(37(22)2)25-15-7-6-8-16-25)35-34-38(36-27-18-12-10-14-23-13-9-11-17-26(23)27)28(21-44-34)24-19-29(41-3)32(43-5)30(20-24)42-4/h6-9,11,13,15-17,19-21H,10,12,14,18H2,1-5H3. The van der Waals surface area contributed by atoms with Crippen molar-refractivity contribution >= 4 is 22.7 Å². The van der Waals surface area contributed by atoms with Crippen LogP contribution in [0.3, 0.4) is 0 Å². The van der Waals surface area contributed by atoms with Crippen molar-refractivity contribution in [2.24, 2.45) is 17.1 Å². The van der Waals surface area contributed by atoms with E-state index in [4.69, 9.17) is 24.3 Å². The Morgan fingerprint density at radius 2 is 1.55 bits per heavy atom. The van der Waals surface area contributed by atoms with Crippen LogP contribution in [0.25, 0.3) is 16.9 Å². The second-order valence-corrected chi connectivity index (χ2v) is 11.4. The van der Waals surface area contributed by atoms with Gasteiger partial charge in [-0.3, -0.25) is 9.48 Å². The summed E-state index contributed by atoms with van der Waals surface area (Å²) >= 11 is 1.43. The van der Waals surface area contributed by atoms with Crippen LogP contribution in [0.5, 0.6) is 17.2 Å². The molecular weight excluding hydrogens is 574 g/mol. The zero-order chi connectivity index (χ0) is 30.8. The van der Waals surface area contributed by atoms with E-state index in [-0.39, 0.29) is 5.56 Å². The number of ether oxygens (including phenoxy) is 3. The van der Waals surface area contributed by atoms with E-state index in [0.29, 0.717) is 27.7 Å². The van der Waals surface area contributed by atoms with Crippen molar-refractivity contribution in [3.63, 3.8) is 0 Å². The molecule has 226 valence electrons. The van der Waals surface area contributed by atoms with Gasteiger partial charge in [0.1, 0.15) is 0 Å². The normalized spacial score (nSPS) is 14.4. The third-order valence-electron chi connectivity index (χ3n) is 8.04. The number of aryl methyl sites for hydroxylation is 1. The molecule has 0 atom stereocenters. The van der Waals surface area contributed by atoms with E-state index >= 15 is 0 Å². The van der Waals surface area contributed by atoms with Crippen molar-refractivity contribution in [1.29, 1.82) is 0 Å². The first-order valence-corrected chi connectivity index (χ1v) is 15.4. The highest BCUT2D eigenvalue weighted by Crippen LogP contribution is 2.41. The van der Waals surface area contributed by atoms with Gasteiger partial charge in [0.25, 0.3) is 5.56 Å². The predicted octanol–water partition coefficient (Wildman–Crippen LogP) is 6.25. The summed E-state index contributed by atoms with van der Waals surface area (Å²) < 4.78 is 22.2. The highest BCUT2D eigenvalue weighted by Gasteiger charge is 2.21. The van der Waals surface area contributed by atoms with Crippen LogP contribution in [0.1, 0.15) is 36.1 Å². The van der Waals surface area contributed by atoms with Gasteiger partial charge in [-0.15, -0.1) is 11.3 Å². The number of hydrogen-bond donors (Lipinski definition) is 0. The second kappa shape index (κ2) is 12.4. The number of nitrogens with zero attached hydrogens (tertiary/aromatic N) is 5. The largest absolute Gasteiger partial charge is 0.493 e. The van der Waals surface area contributed by atoms with Crippen molar-refractivity contribution in [3.8, 4) is 34.2 Å². The molecule has 0 aliphatic heterocycles. The Kier molecular flexibility index (Phi) is 8.25. The monoisotopic (exact) mass is 609 g/mol. The molecule has 1 aliphatic rings.